The third-order valence-corrected chi connectivity index (χ3v) is 3.89. The van der Waals surface area contributed by atoms with Crippen molar-refractivity contribution in [2.75, 3.05) is 6.61 Å². The highest BCUT2D eigenvalue weighted by molar-refractivity contribution is 14.1. The van der Waals surface area contributed by atoms with E-state index < -0.39 is 5.54 Å². The number of benzene rings is 1. The maximum atomic E-state index is 12.1. The lowest BCUT2D eigenvalue weighted by atomic mass is 9.99. The molecule has 17 heavy (non-hydrogen) atoms. The van der Waals surface area contributed by atoms with Gasteiger partial charge in [0.1, 0.15) is 0 Å². The van der Waals surface area contributed by atoms with E-state index in [0.29, 0.717) is 17.0 Å². The van der Waals surface area contributed by atoms with Gasteiger partial charge in [0.2, 0.25) is 0 Å². The molecule has 0 aliphatic rings. The topological polar surface area (TPSA) is 49.3 Å². The molecule has 1 aromatic rings. The van der Waals surface area contributed by atoms with Crippen LogP contribution in [-0.4, -0.2) is 23.2 Å². The highest BCUT2D eigenvalue weighted by Crippen LogP contribution is 2.19. The molecule has 0 aliphatic carbocycles. The normalized spacial score (nSPS) is 14.2. The van der Waals surface area contributed by atoms with Gasteiger partial charge < -0.3 is 10.4 Å². The minimum absolute atomic E-state index is 0.0909. The molecule has 3 nitrogen and oxygen atoms in total. The molecule has 5 heteroatoms. The van der Waals surface area contributed by atoms with Crippen molar-refractivity contribution in [3.05, 3.63) is 32.4 Å². The van der Waals surface area contributed by atoms with Crippen LogP contribution >= 0.6 is 34.2 Å². The molecule has 0 fully saturated rings. The number of halogens is 2. The Morgan fingerprint density at radius 2 is 2.24 bits per heavy atom. The van der Waals surface area contributed by atoms with E-state index in [1.807, 2.05) is 13.8 Å². The SMILES string of the molecule is CCC(C)(CO)NC(=O)c1cc(Cl)ccc1I. The minimum atomic E-state index is -0.595. The first-order valence-electron chi connectivity index (χ1n) is 5.30. The van der Waals surface area contributed by atoms with Crippen LogP contribution in [0.4, 0.5) is 0 Å². The van der Waals surface area contributed by atoms with Gasteiger partial charge in [-0.15, -0.1) is 0 Å². The number of hydrogen-bond donors (Lipinski definition) is 2. The van der Waals surface area contributed by atoms with Crippen LogP contribution in [0.1, 0.15) is 30.6 Å². The van der Waals surface area contributed by atoms with Crippen LogP contribution in [-0.2, 0) is 0 Å². The standard InChI is InChI=1S/C12H15ClINO2/c1-3-12(2,7-16)15-11(17)9-6-8(13)4-5-10(9)14/h4-6,16H,3,7H2,1-2H3,(H,15,17). The Labute approximate surface area is 120 Å². The van der Waals surface area contributed by atoms with E-state index >= 15 is 0 Å². The van der Waals surface area contributed by atoms with Crippen molar-refractivity contribution in [1.82, 2.24) is 5.32 Å². The van der Waals surface area contributed by atoms with Crippen molar-refractivity contribution in [1.29, 1.82) is 0 Å². The molecule has 0 radical (unpaired) electrons. The second kappa shape index (κ2) is 6.02. The molecule has 1 atom stereocenters. The third kappa shape index (κ3) is 3.82. The summed E-state index contributed by atoms with van der Waals surface area (Å²) in [6.45, 7) is 3.63. The summed E-state index contributed by atoms with van der Waals surface area (Å²) in [6.07, 6.45) is 0.659. The van der Waals surface area contributed by atoms with E-state index in [1.54, 1.807) is 18.2 Å². The van der Waals surface area contributed by atoms with E-state index in [-0.39, 0.29) is 12.5 Å². The average molecular weight is 368 g/mol. The number of carbonyl (C=O) groups is 1. The largest absolute Gasteiger partial charge is 0.394 e. The smallest absolute Gasteiger partial charge is 0.252 e. The van der Waals surface area contributed by atoms with E-state index in [2.05, 4.69) is 27.9 Å². The minimum Gasteiger partial charge on any atom is -0.394 e. The summed E-state index contributed by atoms with van der Waals surface area (Å²) in [5.74, 6) is -0.213. The van der Waals surface area contributed by atoms with Gasteiger partial charge in [-0.05, 0) is 54.1 Å². The Bertz CT molecular complexity index is 419. The first-order chi connectivity index (χ1) is 7.91. The van der Waals surface area contributed by atoms with Crippen LogP contribution in [0.3, 0.4) is 0 Å². The summed E-state index contributed by atoms with van der Waals surface area (Å²) in [5, 5.41) is 12.6. The zero-order chi connectivity index (χ0) is 13.1. The molecule has 0 heterocycles. The maximum absolute atomic E-state index is 12.1. The van der Waals surface area contributed by atoms with Crippen molar-refractivity contribution < 1.29 is 9.90 Å². The van der Waals surface area contributed by atoms with Crippen molar-refractivity contribution >= 4 is 40.1 Å². The van der Waals surface area contributed by atoms with Crippen LogP contribution in [0.25, 0.3) is 0 Å². The van der Waals surface area contributed by atoms with Gasteiger partial charge in [0.05, 0.1) is 17.7 Å². The van der Waals surface area contributed by atoms with Gasteiger partial charge in [-0.3, -0.25) is 4.79 Å². The number of carbonyl (C=O) groups excluding carboxylic acids is 1. The number of amides is 1. The lowest BCUT2D eigenvalue weighted by Crippen LogP contribution is -2.48. The highest BCUT2D eigenvalue weighted by atomic mass is 127. The van der Waals surface area contributed by atoms with Gasteiger partial charge in [-0.1, -0.05) is 18.5 Å². The Hall–Kier alpha value is -0.330. The fourth-order valence-corrected chi connectivity index (χ4v) is 2.01. The number of rotatable bonds is 4. The first-order valence-corrected chi connectivity index (χ1v) is 6.76. The molecule has 2 N–H and O–H groups in total. The zero-order valence-corrected chi connectivity index (χ0v) is 12.7. The summed E-state index contributed by atoms with van der Waals surface area (Å²) in [5.41, 5.74) is -0.0612. The van der Waals surface area contributed by atoms with Gasteiger partial charge in [0, 0.05) is 8.59 Å². The van der Waals surface area contributed by atoms with Crippen LogP contribution < -0.4 is 5.32 Å². The van der Waals surface area contributed by atoms with E-state index in [9.17, 15) is 9.90 Å². The Morgan fingerprint density at radius 1 is 1.59 bits per heavy atom. The summed E-state index contributed by atoms with van der Waals surface area (Å²) < 4.78 is 0.834. The van der Waals surface area contributed by atoms with Crippen LogP contribution in [0.2, 0.25) is 5.02 Å². The molecule has 0 aliphatic heterocycles. The van der Waals surface area contributed by atoms with Crippen molar-refractivity contribution in [2.24, 2.45) is 0 Å². The van der Waals surface area contributed by atoms with Gasteiger partial charge in [0.25, 0.3) is 5.91 Å². The quantitative estimate of drug-likeness (QED) is 0.804. The Balaban J connectivity index is 2.94. The molecular formula is C12H15ClINO2. The number of hydrogen-bond acceptors (Lipinski definition) is 2. The molecule has 1 unspecified atom stereocenters. The summed E-state index contributed by atoms with van der Waals surface area (Å²) in [4.78, 5) is 12.1. The molecule has 1 rings (SSSR count). The lowest BCUT2D eigenvalue weighted by molar-refractivity contribution is 0.0846. The predicted molar refractivity (Wildman–Crippen MR) is 77.4 cm³/mol. The summed E-state index contributed by atoms with van der Waals surface area (Å²) in [7, 11) is 0. The molecule has 0 aromatic heterocycles. The molecule has 0 saturated heterocycles. The second-order valence-electron chi connectivity index (χ2n) is 4.15. The monoisotopic (exact) mass is 367 g/mol. The Kier molecular flexibility index (Phi) is 5.22. The number of aliphatic hydroxyl groups excluding tert-OH is 1. The molecular weight excluding hydrogens is 352 g/mol. The van der Waals surface area contributed by atoms with E-state index in [1.165, 1.54) is 0 Å². The number of aliphatic hydroxyl groups is 1. The number of nitrogens with one attached hydrogen (secondary N) is 1. The van der Waals surface area contributed by atoms with Gasteiger partial charge >= 0.3 is 0 Å². The first kappa shape index (κ1) is 14.7. The van der Waals surface area contributed by atoms with E-state index in [4.69, 9.17) is 11.6 Å². The summed E-state index contributed by atoms with van der Waals surface area (Å²) in [6, 6.07) is 5.16. The van der Waals surface area contributed by atoms with Gasteiger partial charge in [0.15, 0.2) is 0 Å². The predicted octanol–water partition coefficient (Wildman–Crippen LogP) is 2.84. The molecule has 94 valence electrons. The van der Waals surface area contributed by atoms with Crippen LogP contribution in [0.15, 0.2) is 18.2 Å². The second-order valence-corrected chi connectivity index (χ2v) is 5.75. The van der Waals surface area contributed by atoms with Gasteiger partial charge in [-0.25, -0.2) is 0 Å². The molecule has 0 saturated carbocycles. The lowest BCUT2D eigenvalue weighted by Gasteiger charge is -2.27. The fraction of sp³-hybridized carbons (Fsp3) is 0.417. The third-order valence-electron chi connectivity index (χ3n) is 2.72. The van der Waals surface area contributed by atoms with Crippen molar-refractivity contribution in [3.8, 4) is 0 Å². The highest BCUT2D eigenvalue weighted by Gasteiger charge is 2.24. The molecule has 0 bridgehead atoms. The fourth-order valence-electron chi connectivity index (χ4n) is 1.25. The van der Waals surface area contributed by atoms with Crippen LogP contribution in [0, 0.1) is 3.57 Å². The Morgan fingerprint density at radius 3 is 2.76 bits per heavy atom. The van der Waals surface area contributed by atoms with Crippen molar-refractivity contribution in [2.45, 2.75) is 25.8 Å². The molecule has 1 aromatic carbocycles. The average Bonchev–Trinajstić information content (AvgIpc) is 2.32. The van der Waals surface area contributed by atoms with E-state index in [0.717, 1.165) is 3.57 Å². The molecule has 0 spiro atoms. The maximum Gasteiger partial charge on any atom is 0.252 e. The van der Waals surface area contributed by atoms with Gasteiger partial charge in [-0.2, -0.15) is 0 Å². The zero-order valence-electron chi connectivity index (χ0n) is 9.76. The van der Waals surface area contributed by atoms with Crippen LogP contribution in [0.5, 0.6) is 0 Å². The molecule has 1 amide bonds. The van der Waals surface area contributed by atoms with Crippen molar-refractivity contribution in [3.63, 3.8) is 0 Å². The summed E-state index contributed by atoms with van der Waals surface area (Å²) >= 11 is 7.95.